The van der Waals surface area contributed by atoms with E-state index in [1.54, 1.807) is 0 Å². The standard InChI is InChI=1S/C16H13F4NO4S/c17-10-2-4-13(21-26(23,24)16(18,19)20)12(8-10)9-1-3-11-14(22)5-6-25-15(11)7-9/h1-4,7-8,14,21-22H,5-6H2/t14-/m0/s1. The van der Waals surface area contributed by atoms with Crippen molar-refractivity contribution in [1.29, 1.82) is 0 Å². The Labute approximate surface area is 146 Å². The number of benzene rings is 2. The van der Waals surface area contributed by atoms with Crippen LogP contribution in [-0.2, 0) is 10.0 Å². The summed E-state index contributed by atoms with van der Waals surface area (Å²) in [6, 6.07) is 7.02. The second-order valence-corrected chi connectivity index (χ2v) is 7.32. The van der Waals surface area contributed by atoms with Crippen molar-refractivity contribution in [3.63, 3.8) is 0 Å². The van der Waals surface area contributed by atoms with E-state index >= 15 is 0 Å². The van der Waals surface area contributed by atoms with E-state index in [2.05, 4.69) is 0 Å². The van der Waals surface area contributed by atoms with Gasteiger partial charge in [0.15, 0.2) is 0 Å². The Morgan fingerprint density at radius 1 is 1.15 bits per heavy atom. The van der Waals surface area contributed by atoms with Crippen LogP contribution >= 0.6 is 0 Å². The first-order chi connectivity index (χ1) is 12.1. The molecule has 2 aromatic carbocycles. The van der Waals surface area contributed by atoms with E-state index < -0.39 is 33.1 Å². The summed E-state index contributed by atoms with van der Waals surface area (Å²) in [5.74, 6) is -0.455. The summed E-state index contributed by atoms with van der Waals surface area (Å²) in [7, 11) is -5.66. The zero-order valence-corrected chi connectivity index (χ0v) is 13.9. The molecular weight excluding hydrogens is 378 g/mol. The van der Waals surface area contributed by atoms with E-state index in [4.69, 9.17) is 4.74 Å². The van der Waals surface area contributed by atoms with Gasteiger partial charge in [-0.25, -0.2) is 4.39 Å². The number of alkyl halides is 3. The minimum absolute atomic E-state index is 0.0933. The Bertz CT molecular complexity index is 944. The molecule has 26 heavy (non-hydrogen) atoms. The van der Waals surface area contributed by atoms with Crippen molar-refractivity contribution in [2.45, 2.75) is 18.0 Å². The van der Waals surface area contributed by atoms with Gasteiger partial charge in [0.25, 0.3) is 0 Å². The molecule has 5 nitrogen and oxygen atoms in total. The Kier molecular flexibility index (Phi) is 4.57. The molecule has 0 spiro atoms. The largest absolute Gasteiger partial charge is 0.516 e. The Morgan fingerprint density at radius 3 is 2.58 bits per heavy atom. The number of aliphatic hydroxyl groups is 1. The molecule has 0 bridgehead atoms. The minimum atomic E-state index is -5.66. The molecule has 0 aliphatic carbocycles. The molecule has 2 N–H and O–H groups in total. The first-order valence-electron chi connectivity index (χ1n) is 7.42. The number of halogens is 4. The predicted molar refractivity (Wildman–Crippen MR) is 85.5 cm³/mol. The van der Waals surface area contributed by atoms with Crippen LogP contribution in [0.25, 0.3) is 11.1 Å². The van der Waals surface area contributed by atoms with E-state index in [0.717, 1.165) is 18.2 Å². The smallest absolute Gasteiger partial charge is 0.493 e. The van der Waals surface area contributed by atoms with Crippen LogP contribution in [0.15, 0.2) is 36.4 Å². The number of sulfonamides is 1. The predicted octanol–water partition coefficient (Wildman–Crippen LogP) is 3.57. The van der Waals surface area contributed by atoms with Crippen LogP contribution in [0.5, 0.6) is 5.75 Å². The van der Waals surface area contributed by atoms with E-state index in [-0.39, 0.29) is 17.7 Å². The van der Waals surface area contributed by atoms with E-state index in [9.17, 15) is 31.1 Å². The highest BCUT2D eigenvalue weighted by atomic mass is 32.2. The molecule has 0 unspecified atom stereocenters. The maximum atomic E-state index is 13.6. The number of aliphatic hydroxyl groups excluding tert-OH is 1. The lowest BCUT2D eigenvalue weighted by Crippen LogP contribution is -2.30. The monoisotopic (exact) mass is 391 g/mol. The zero-order valence-electron chi connectivity index (χ0n) is 13.0. The van der Waals surface area contributed by atoms with Crippen LogP contribution in [0.2, 0.25) is 0 Å². The van der Waals surface area contributed by atoms with Crippen molar-refractivity contribution < 1.29 is 35.8 Å². The summed E-state index contributed by atoms with van der Waals surface area (Å²) < 4.78 is 81.1. The number of rotatable bonds is 3. The Hall–Kier alpha value is -2.33. The molecule has 2 aromatic rings. The molecule has 140 valence electrons. The summed E-state index contributed by atoms with van der Waals surface area (Å²) in [5.41, 5.74) is -5.31. The van der Waals surface area contributed by atoms with Gasteiger partial charge in [-0.1, -0.05) is 12.1 Å². The molecule has 3 rings (SSSR count). The van der Waals surface area contributed by atoms with Gasteiger partial charge in [-0.15, -0.1) is 0 Å². The lowest BCUT2D eigenvalue weighted by Gasteiger charge is -2.23. The van der Waals surface area contributed by atoms with Gasteiger partial charge in [0.2, 0.25) is 0 Å². The molecular formula is C16H13F4NO4S. The Morgan fingerprint density at radius 2 is 1.88 bits per heavy atom. The SMILES string of the molecule is O=S(=O)(Nc1ccc(F)cc1-c1ccc2c(c1)OCC[C@@H]2O)C(F)(F)F. The van der Waals surface area contributed by atoms with Crippen LogP contribution in [0.1, 0.15) is 18.1 Å². The molecule has 1 heterocycles. The van der Waals surface area contributed by atoms with Gasteiger partial charge in [0.05, 0.1) is 18.4 Å². The molecule has 0 amide bonds. The lowest BCUT2D eigenvalue weighted by atomic mass is 9.97. The second kappa shape index (κ2) is 6.44. The van der Waals surface area contributed by atoms with E-state index in [0.29, 0.717) is 17.7 Å². The quantitative estimate of drug-likeness (QED) is 0.785. The number of ether oxygens (including phenoxy) is 1. The van der Waals surface area contributed by atoms with Gasteiger partial charge in [-0.2, -0.15) is 21.6 Å². The number of fused-ring (bicyclic) bond motifs is 1. The van der Waals surface area contributed by atoms with Crippen LogP contribution in [-0.4, -0.2) is 25.6 Å². The highest BCUT2D eigenvalue weighted by Gasteiger charge is 2.46. The fraction of sp³-hybridized carbons (Fsp3) is 0.250. The highest BCUT2D eigenvalue weighted by Crippen LogP contribution is 2.38. The molecule has 0 saturated heterocycles. The second-order valence-electron chi connectivity index (χ2n) is 5.65. The van der Waals surface area contributed by atoms with Crippen molar-refractivity contribution in [3.8, 4) is 16.9 Å². The van der Waals surface area contributed by atoms with E-state index in [1.807, 2.05) is 0 Å². The number of hydrogen-bond donors (Lipinski definition) is 2. The molecule has 0 aromatic heterocycles. The van der Waals surface area contributed by atoms with Crippen molar-refractivity contribution >= 4 is 15.7 Å². The topological polar surface area (TPSA) is 75.6 Å². The fourth-order valence-corrected chi connectivity index (χ4v) is 3.17. The third-order valence-electron chi connectivity index (χ3n) is 3.86. The molecule has 0 radical (unpaired) electrons. The Balaban J connectivity index is 2.07. The normalized spacial score (nSPS) is 17.3. The maximum Gasteiger partial charge on any atom is 0.516 e. The summed E-state index contributed by atoms with van der Waals surface area (Å²) in [6.45, 7) is 0.244. The average molecular weight is 391 g/mol. The van der Waals surface area contributed by atoms with Crippen LogP contribution < -0.4 is 9.46 Å². The van der Waals surface area contributed by atoms with Crippen molar-refractivity contribution in [1.82, 2.24) is 0 Å². The van der Waals surface area contributed by atoms with Crippen molar-refractivity contribution in [2.75, 3.05) is 11.3 Å². The number of nitrogens with one attached hydrogen (secondary N) is 1. The summed E-state index contributed by atoms with van der Waals surface area (Å²) in [6.07, 6.45) is -0.355. The molecule has 1 aliphatic rings. The molecule has 1 aliphatic heterocycles. The van der Waals surface area contributed by atoms with Gasteiger partial charge in [-0.3, -0.25) is 4.72 Å². The summed E-state index contributed by atoms with van der Waals surface area (Å²) in [5, 5.41) is 9.91. The first-order valence-corrected chi connectivity index (χ1v) is 8.90. The molecule has 0 saturated carbocycles. The van der Waals surface area contributed by atoms with E-state index in [1.165, 1.54) is 22.9 Å². The van der Waals surface area contributed by atoms with Crippen molar-refractivity contribution in [3.05, 3.63) is 47.8 Å². The average Bonchev–Trinajstić information content (AvgIpc) is 2.55. The lowest BCUT2D eigenvalue weighted by molar-refractivity contribution is -0.0429. The van der Waals surface area contributed by atoms with Gasteiger partial charge < -0.3 is 9.84 Å². The van der Waals surface area contributed by atoms with Gasteiger partial charge >= 0.3 is 15.5 Å². The van der Waals surface area contributed by atoms with Crippen LogP contribution in [0.3, 0.4) is 0 Å². The molecule has 10 heteroatoms. The van der Waals surface area contributed by atoms with Crippen LogP contribution in [0, 0.1) is 5.82 Å². The zero-order chi connectivity index (χ0) is 19.1. The van der Waals surface area contributed by atoms with Crippen molar-refractivity contribution in [2.24, 2.45) is 0 Å². The third kappa shape index (κ3) is 3.47. The summed E-state index contributed by atoms with van der Waals surface area (Å²) >= 11 is 0. The number of anilines is 1. The first kappa shape index (κ1) is 18.5. The highest BCUT2D eigenvalue weighted by molar-refractivity contribution is 7.93. The summed E-state index contributed by atoms with van der Waals surface area (Å²) in [4.78, 5) is 0. The van der Waals surface area contributed by atoms with Gasteiger partial charge in [0, 0.05) is 17.5 Å². The maximum absolute atomic E-state index is 13.6. The van der Waals surface area contributed by atoms with Gasteiger partial charge in [-0.05, 0) is 29.8 Å². The number of hydrogen-bond acceptors (Lipinski definition) is 4. The molecule has 0 fully saturated rings. The third-order valence-corrected chi connectivity index (χ3v) is 4.96. The fourth-order valence-electron chi connectivity index (χ4n) is 2.59. The van der Waals surface area contributed by atoms with Gasteiger partial charge in [0.1, 0.15) is 11.6 Å². The molecule has 1 atom stereocenters. The van der Waals surface area contributed by atoms with Crippen LogP contribution in [0.4, 0.5) is 23.2 Å². The minimum Gasteiger partial charge on any atom is -0.493 e.